The van der Waals surface area contributed by atoms with Crippen LogP contribution >= 0.6 is 0 Å². The number of hydrogen-bond acceptors (Lipinski definition) is 1. The van der Waals surface area contributed by atoms with Gasteiger partial charge in [0.25, 0.3) is 0 Å². The van der Waals surface area contributed by atoms with Gasteiger partial charge < -0.3 is 0 Å². The van der Waals surface area contributed by atoms with Crippen molar-refractivity contribution in [2.45, 2.75) is 67.7 Å². The summed E-state index contributed by atoms with van der Waals surface area (Å²) in [7, 11) is 6.18. The molecule has 0 bridgehead atoms. The highest BCUT2D eigenvalue weighted by atomic mass is 15.1. The van der Waals surface area contributed by atoms with Crippen molar-refractivity contribution in [1.82, 2.24) is 9.55 Å². The predicted molar refractivity (Wildman–Crippen MR) is 127 cm³/mol. The summed E-state index contributed by atoms with van der Waals surface area (Å²) in [6, 6.07) is 16.4. The molecule has 28 heavy (non-hydrogen) atoms. The molecule has 3 heteroatoms. The Kier molecular flexibility index (Phi) is 13.5. The Balaban J connectivity index is 0.000000930. The highest BCUT2D eigenvalue weighted by Crippen LogP contribution is 2.22. The highest BCUT2D eigenvalue weighted by Gasteiger charge is 2.09. The minimum absolute atomic E-state index is 0.426. The van der Waals surface area contributed by atoms with Crippen molar-refractivity contribution in [1.29, 1.82) is 0 Å². The lowest BCUT2D eigenvalue weighted by atomic mass is 9.85. The summed E-state index contributed by atoms with van der Waals surface area (Å²) in [5.41, 5.74) is 4.14. The predicted octanol–water partition coefficient (Wildman–Crippen LogP) is 6.93. The van der Waals surface area contributed by atoms with Gasteiger partial charge in [-0.05, 0) is 18.1 Å². The van der Waals surface area contributed by atoms with Crippen LogP contribution in [0.4, 0.5) is 0 Å². The smallest absolute Gasteiger partial charge is 0.144 e. The molecule has 0 aliphatic carbocycles. The molecule has 2 aromatic carbocycles. The van der Waals surface area contributed by atoms with E-state index in [1.54, 1.807) is 0 Å². The molecule has 2 nitrogen and oxygen atoms in total. The molecule has 0 fully saturated rings. The zero-order valence-corrected chi connectivity index (χ0v) is 19.0. The first-order chi connectivity index (χ1) is 13.6. The Bertz CT molecular complexity index is 761. The second-order valence-corrected chi connectivity index (χ2v) is 6.16. The standard InChI is InChI=1S/C18H17BN2.C3H8.2C2H6/c1-13(2)16-9-8-15(12-17(16)19)21-11-10-20-18(21)14-6-4-3-5-7-14;1-3-2;2*1-2/h3-13H,1-2H3;3H2,1-2H3;2*1-2H3. The van der Waals surface area contributed by atoms with Gasteiger partial charge in [-0.1, -0.05) is 109 Å². The lowest BCUT2D eigenvalue weighted by Crippen LogP contribution is -2.13. The zero-order valence-electron chi connectivity index (χ0n) is 19.0. The Morgan fingerprint density at radius 1 is 0.929 bits per heavy atom. The summed E-state index contributed by atoms with van der Waals surface area (Å²) in [6.07, 6.45) is 5.03. The van der Waals surface area contributed by atoms with Crippen molar-refractivity contribution in [2.75, 3.05) is 0 Å². The first-order valence-electron chi connectivity index (χ1n) is 10.6. The molecule has 0 saturated heterocycles. The van der Waals surface area contributed by atoms with Crippen LogP contribution < -0.4 is 5.46 Å². The number of hydrogen-bond donors (Lipinski definition) is 0. The van der Waals surface area contributed by atoms with Gasteiger partial charge in [-0.3, -0.25) is 4.57 Å². The summed E-state index contributed by atoms with van der Waals surface area (Å²) in [5, 5.41) is 0. The van der Waals surface area contributed by atoms with Crippen LogP contribution in [0, 0.1) is 0 Å². The van der Waals surface area contributed by atoms with E-state index in [1.807, 2.05) is 64.4 Å². The minimum atomic E-state index is 0.426. The average Bonchev–Trinajstić information content (AvgIpc) is 3.22. The van der Waals surface area contributed by atoms with Crippen molar-refractivity contribution < 1.29 is 0 Å². The molecule has 1 aromatic heterocycles. The van der Waals surface area contributed by atoms with E-state index in [-0.39, 0.29) is 0 Å². The quantitative estimate of drug-likeness (QED) is 0.453. The Morgan fingerprint density at radius 2 is 1.50 bits per heavy atom. The Labute approximate surface area is 174 Å². The van der Waals surface area contributed by atoms with Crippen molar-refractivity contribution in [3.05, 3.63) is 66.5 Å². The monoisotopic (exact) mass is 376 g/mol. The van der Waals surface area contributed by atoms with Crippen LogP contribution in [0.25, 0.3) is 17.1 Å². The van der Waals surface area contributed by atoms with Gasteiger partial charge in [-0.25, -0.2) is 4.98 Å². The molecule has 1 heterocycles. The van der Waals surface area contributed by atoms with E-state index < -0.39 is 0 Å². The van der Waals surface area contributed by atoms with Crippen molar-refractivity contribution in [3.8, 4) is 17.1 Å². The highest BCUT2D eigenvalue weighted by molar-refractivity contribution is 6.33. The summed E-state index contributed by atoms with van der Waals surface area (Å²) < 4.78 is 2.07. The molecule has 0 aliphatic rings. The van der Waals surface area contributed by atoms with Gasteiger partial charge in [0.15, 0.2) is 0 Å². The van der Waals surface area contributed by atoms with E-state index in [2.05, 4.69) is 61.5 Å². The van der Waals surface area contributed by atoms with Gasteiger partial charge in [0.1, 0.15) is 13.7 Å². The number of benzene rings is 2. The molecule has 0 amide bonds. The lowest BCUT2D eigenvalue weighted by molar-refractivity contribution is 0.872. The lowest BCUT2D eigenvalue weighted by Gasteiger charge is -2.14. The maximum Gasteiger partial charge on any atom is 0.144 e. The normalized spacial score (nSPS) is 9.32. The molecule has 0 unspecified atom stereocenters. The van der Waals surface area contributed by atoms with E-state index in [1.165, 1.54) is 12.0 Å². The van der Waals surface area contributed by atoms with Gasteiger partial charge in [-0.15, -0.1) is 0 Å². The average molecular weight is 376 g/mol. The van der Waals surface area contributed by atoms with Gasteiger partial charge in [0.05, 0.1) is 0 Å². The second-order valence-electron chi connectivity index (χ2n) is 6.16. The van der Waals surface area contributed by atoms with Crippen LogP contribution in [0.5, 0.6) is 0 Å². The molecule has 3 aromatic rings. The van der Waals surface area contributed by atoms with E-state index in [9.17, 15) is 0 Å². The SMILES string of the molecule is CC.CC.CCC.[B]c1cc(-n2ccnc2-c2ccccc2)ccc1C(C)C. The summed E-state index contributed by atoms with van der Waals surface area (Å²) in [6.45, 7) is 16.6. The maximum absolute atomic E-state index is 6.18. The summed E-state index contributed by atoms with van der Waals surface area (Å²) in [4.78, 5) is 4.47. The fourth-order valence-electron chi connectivity index (χ4n) is 2.55. The zero-order chi connectivity index (χ0) is 21.5. The van der Waals surface area contributed by atoms with Crippen LogP contribution in [0.1, 0.15) is 73.3 Å². The molecule has 0 atom stereocenters. The molecule has 3 rings (SSSR count). The first-order valence-corrected chi connectivity index (χ1v) is 10.6. The fourth-order valence-corrected chi connectivity index (χ4v) is 2.55. The van der Waals surface area contributed by atoms with Crippen LogP contribution in [0.3, 0.4) is 0 Å². The molecule has 0 saturated carbocycles. The fraction of sp³-hybridized carbons (Fsp3) is 0.400. The van der Waals surface area contributed by atoms with Gasteiger partial charge in [0, 0.05) is 23.6 Å². The van der Waals surface area contributed by atoms with E-state index in [4.69, 9.17) is 7.85 Å². The number of aromatic nitrogens is 2. The third-order valence-electron chi connectivity index (χ3n) is 3.64. The maximum atomic E-state index is 6.18. The van der Waals surface area contributed by atoms with Crippen LogP contribution in [0.15, 0.2) is 60.9 Å². The second kappa shape index (κ2) is 14.7. The minimum Gasteiger partial charge on any atom is -0.300 e. The van der Waals surface area contributed by atoms with E-state index in [0.717, 1.165) is 22.5 Å². The molecular formula is C25H37BN2. The molecular weight excluding hydrogens is 339 g/mol. The Morgan fingerprint density at radius 3 is 2.00 bits per heavy atom. The van der Waals surface area contributed by atoms with E-state index >= 15 is 0 Å². The topological polar surface area (TPSA) is 17.8 Å². The first kappa shape index (κ1) is 25.7. The van der Waals surface area contributed by atoms with Crippen molar-refractivity contribution >= 4 is 13.3 Å². The third kappa shape index (κ3) is 7.38. The summed E-state index contributed by atoms with van der Waals surface area (Å²) in [5.74, 6) is 1.35. The molecule has 0 aliphatic heterocycles. The summed E-state index contributed by atoms with van der Waals surface area (Å²) >= 11 is 0. The van der Waals surface area contributed by atoms with Crippen LogP contribution in [0.2, 0.25) is 0 Å². The number of nitrogens with zero attached hydrogens (tertiary/aromatic N) is 2. The third-order valence-corrected chi connectivity index (χ3v) is 3.64. The molecule has 0 spiro atoms. The van der Waals surface area contributed by atoms with Gasteiger partial charge >= 0.3 is 0 Å². The number of imidazole rings is 1. The number of rotatable bonds is 3. The molecule has 2 radical (unpaired) electrons. The van der Waals surface area contributed by atoms with Crippen molar-refractivity contribution in [2.24, 2.45) is 0 Å². The van der Waals surface area contributed by atoms with E-state index in [0.29, 0.717) is 5.92 Å². The molecule has 150 valence electrons. The van der Waals surface area contributed by atoms with Gasteiger partial charge in [-0.2, -0.15) is 0 Å². The van der Waals surface area contributed by atoms with Crippen LogP contribution in [-0.4, -0.2) is 17.4 Å². The molecule has 0 N–H and O–H groups in total. The largest absolute Gasteiger partial charge is 0.300 e. The van der Waals surface area contributed by atoms with Gasteiger partial charge in [0.2, 0.25) is 0 Å². The van der Waals surface area contributed by atoms with Crippen molar-refractivity contribution in [3.63, 3.8) is 0 Å². The van der Waals surface area contributed by atoms with Crippen LogP contribution in [-0.2, 0) is 0 Å². The Hall–Kier alpha value is -2.29.